The lowest BCUT2D eigenvalue weighted by atomic mass is 10.1. The Hall–Kier alpha value is -2.03. The molecule has 94 valence electrons. The van der Waals surface area contributed by atoms with Crippen LogP contribution in [0, 0.1) is 20.8 Å². The molecule has 0 aliphatic rings. The third-order valence-corrected chi connectivity index (χ3v) is 3.44. The first-order valence-corrected chi connectivity index (χ1v) is 5.88. The van der Waals surface area contributed by atoms with Crippen molar-refractivity contribution in [2.75, 3.05) is 7.11 Å². The molecule has 1 heterocycles. The van der Waals surface area contributed by atoms with Gasteiger partial charge in [0.05, 0.1) is 7.11 Å². The fourth-order valence-electron chi connectivity index (χ4n) is 2.32. The van der Waals surface area contributed by atoms with Crippen LogP contribution in [0.3, 0.4) is 0 Å². The van der Waals surface area contributed by atoms with Gasteiger partial charge in [-0.15, -0.1) is 0 Å². The number of nitrogens with zero attached hydrogens (tertiary/aromatic N) is 1. The minimum atomic E-state index is 0.773. The van der Waals surface area contributed by atoms with Crippen molar-refractivity contribution in [3.8, 4) is 11.4 Å². The summed E-state index contributed by atoms with van der Waals surface area (Å²) in [5.41, 5.74) is 4.87. The zero-order valence-corrected chi connectivity index (χ0v) is 11.2. The molecular weight excluding hydrogens is 226 g/mol. The Bertz CT molecular complexity index is 597. The highest BCUT2D eigenvalue weighted by Gasteiger charge is 2.15. The summed E-state index contributed by atoms with van der Waals surface area (Å²) in [5, 5.41) is 0. The van der Waals surface area contributed by atoms with Crippen molar-refractivity contribution in [1.82, 2.24) is 4.57 Å². The quantitative estimate of drug-likeness (QED) is 0.775. The number of hydrogen-bond donors (Lipinski definition) is 0. The van der Waals surface area contributed by atoms with Gasteiger partial charge in [0.15, 0.2) is 6.29 Å². The molecule has 18 heavy (non-hydrogen) atoms. The molecule has 3 heteroatoms. The van der Waals surface area contributed by atoms with Gasteiger partial charge in [-0.05, 0) is 38.5 Å². The second kappa shape index (κ2) is 4.69. The molecule has 1 aromatic carbocycles. The number of carbonyl (C=O) groups is 1. The summed E-state index contributed by atoms with van der Waals surface area (Å²) in [7, 11) is 1.65. The second-order valence-electron chi connectivity index (χ2n) is 4.36. The van der Waals surface area contributed by atoms with Gasteiger partial charge in [0.25, 0.3) is 0 Å². The zero-order valence-electron chi connectivity index (χ0n) is 11.2. The van der Waals surface area contributed by atoms with E-state index in [1.807, 2.05) is 45.0 Å². The Morgan fingerprint density at radius 3 is 2.44 bits per heavy atom. The van der Waals surface area contributed by atoms with E-state index in [0.29, 0.717) is 0 Å². The number of hydrogen-bond acceptors (Lipinski definition) is 2. The Labute approximate surface area is 107 Å². The molecule has 0 atom stereocenters. The van der Waals surface area contributed by atoms with Crippen molar-refractivity contribution in [3.63, 3.8) is 0 Å². The predicted molar refractivity (Wildman–Crippen MR) is 71.9 cm³/mol. The van der Waals surface area contributed by atoms with Gasteiger partial charge in [-0.3, -0.25) is 4.79 Å². The largest absolute Gasteiger partial charge is 0.497 e. The van der Waals surface area contributed by atoms with Crippen molar-refractivity contribution in [1.29, 1.82) is 0 Å². The first kappa shape index (κ1) is 12.4. The summed E-state index contributed by atoms with van der Waals surface area (Å²) in [6.45, 7) is 5.96. The zero-order chi connectivity index (χ0) is 13.3. The molecule has 0 amide bonds. The van der Waals surface area contributed by atoms with E-state index in [-0.39, 0.29) is 0 Å². The topological polar surface area (TPSA) is 31.2 Å². The van der Waals surface area contributed by atoms with E-state index < -0.39 is 0 Å². The number of methoxy groups -OCH3 is 1. The van der Waals surface area contributed by atoms with Gasteiger partial charge in [0.1, 0.15) is 5.75 Å². The highest BCUT2D eigenvalue weighted by molar-refractivity contribution is 5.80. The first-order valence-electron chi connectivity index (χ1n) is 5.88. The number of carbonyl (C=O) groups excluding carboxylic acids is 1. The molecular formula is C15H17NO2. The fourth-order valence-corrected chi connectivity index (χ4v) is 2.32. The third-order valence-electron chi connectivity index (χ3n) is 3.44. The minimum absolute atomic E-state index is 0.773. The van der Waals surface area contributed by atoms with Crippen LogP contribution < -0.4 is 4.74 Å². The lowest BCUT2D eigenvalue weighted by Gasteiger charge is -2.11. The van der Waals surface area contributed by atoms with Crippen LogP contribution in [0.5, 0.6) is 5.75 Å². The molecule has 0 saturated heterocycles. The van der Waals surface area contributed by atoms with Crippen LogP contribution in [0.2, 0.25) is 0 Å². The normalized spacial score (nSPS) is 10.4. The van der Waals surface area contributed by atoms with E-state index in [4.69, 9.17) is 4.74 Å². The van der Waals surface area contributed by atoms with E-state index in [1.54, 1.807) is 7.11 Å². The minimum Gasteiger partial charge on any atom is -0.497 e. The molecule has 0 bridgehead atoms. The summed E-state index contributed by atoms with van der Waals surface area (Å²) in [4.78, 5) is 11.1. The van der Waals surface area contributed by atoms with E-state index >= 15 is 0 Å². The molecule has 1 aromatic heterocycles. The van der Waals surface area contributed by atoms with Crippen LogP contribution in [0.1, 0.15) is 27.3 Å². The van der Waals surface area contributed by atoms with Gasteiger partial charge >= 0.3 is 0 Å². The molecule has 3 nitrogen and oxygen atoms in total. The molecule has 0 aliphatic carbocycles. The highest BCUT2D eigenvalue weighted by atomic mass is 16.5. The Morgan fingerprint density at radius 2 is 1.89 bits per heavy atom. The molecule has 0 N–H and O–H groups in total. The van der Waals surface area contributed by atoms with Gasteiger partial charge in [0.2, 0.25) is 0 Å². The van der Waals surface area contributed by atoms with Crippen molar-refractivity contribution < 1.29 is 9.53 Å². The third kappa shape index (κ3) is 1.82. The molecule has 0 fully saturated rings. The highest BCUT2D eigenvalue weighted by Crippen LogP contribution is 2.26. The van der Waals surface area contributed by atoms with Gasteiger partial charge in [-0.25, -0.2) is 0 Å². The number of rotatable bonds is 3. The summed E-state index contributed by atoms with van der Waals surface area (Å²) < 4.78 is 7.32. The average Bonchev–Trinajstić information content (AvgIpc) is 2.60. The SMILES string of the molecule is COc1cccc(-n2c(C)c(C)c(C=O)c2C)c1. The van der Waals surface area contributed by atoms with Crippen molar-refractivity contribution in [2.24, 2.45) is 0 Å². The molecule has 0 aliphatic heterocycles. The Morgan fingerprint density at radius 1 is 1.17 bits per heavy atom. The second-order valence-corrected chi connectivity index (χ2v) is 4.36. The number of benzene rings is 1. The van der Waals surface area contributed by atoms with Gasteiger partial charge in [0, 0.05) is 28.7 Å². The first-order chi connectivity index (χ1) is 8.60. The average molecular weight is 243 g/mol. The molecule has 0 saturated carbocycles. The Kier molecular flexibility index (Phi) is 3.24. The van der Waals surface area contributed by atoms with E-state index in [2.05, 4.69) is 4.57 Å². The fraction of sp³-hybridized carbons (Fsp3) is 0.267. The van der Waals surface area contributed by atoms with Crippen LogP contribution in [0.15, 0.2) is 24.3 Å². The van der Waals surface area contributed by atoms with Crippen molar-refractivity contribution in [3.05, 3.63) is 46.8 Å². The molecule has 2 aromatic rings. The number of ether oxygens (including phenoxy) is 1. The maximum Gasteiger partial charge on any atom is 0.152 e. The monoisotopic (exact) mass is 243 g/mol. The van der Waals surface area contributed by atoms with E-state index in [1.165, 1.54) is 0 Å². The van der Waals surface area contributed by atoms with Crippen LogP contribution >= 0.6 is 0 Å². The van der Waals surface area contributed by atoms with Crippen LogP contribution in [0.25, 0.3) is 5.69 Å². The molecule has 0 radical (unpaired) electrons. The smallest absolute Gasteiger partial charge is 0.152 e. The molecule has 0 spiro atoms. The summed E-state index contributed by atoms with van der Waals surface area (Å²) in [6.07, 6.45) is 0.925. The molecule has 2 rings (SSSR count). The van der Waals surface area contributed by atoms with E-state index in [0.717, 1.165) is 40.2 Å². The van der Waals surface area contributed by atoms with E-state index in [9.17, 15) is 4.79 Å². The lowest BCUT2D eigenvalue weighted by Crippen LogP contribution is -2.00. The molecule has 0 unspecified atom stereocenters. The van der Waals surface area contributed by atoms with Crippen LogP contribution in [-0.2, 0) is 0 Å². The van der Waals surface area contributed by atoms with Gasteiger partial charge in [-0.1, -0.05) is 6.07 Å². The Balaban J connectivity index is 2.67. The van der Waals surface area contributed by atoms with Crippen LogP contribution in [0.4, 0.5) is 0 Å². The maximum atomic E-state index is 11.1. The van der Waals surface area contributed by atoms with Gasteiger partial charge in [-0.2, -0.15) is 0 Å². The summed E-state index contributed by atoms with van der Waals surface area (Å²) in [6, 6.07) is 7.83. The summed E-state index contributed by atoms with van der Waals surface area (Å²) >= 11 is 0. The van der Waals surface area contributed by atoms with Crippen LogP contribution in [-0.4, -0.2) is 18.0 Å². The van der Waals surface area contributed by atoms with Crippen molar-refractivity contribution in [2.45, 2.75) is 20.8 Å². The standard InChI is InChI=1S/C15H17NO2/c1-10-11(2)16(12(3)15(10)9-17)13-6-5-7-14(8-13)18-4/h5-9H,1-4H3. The summed E-state index contributed by atoms with van der Waals surface area (Å²) in [5.74, 6) is 0.810. The number of aldehydes is 1. The lowest BCUT2D eigenvalue weighted by molar-refractivity contribution is 0.112. The number of aromatic nitrogens is 1. The van der Waals surface area contributed by atoms with Gasteiger partial charge < -0.3 is 9.30 Å². The maximum absolute atomic E-state index is 11.1. The predicted octanol–water partition coefficient (Wildman–Crippen LogP) is 3.22. The van der Waals surface area contributed by atoms with Crippen molar-refractivity contribution >= 4 is 6.29 Å².